The molecule has 0 fully saturated rings. The van der Waals surface area contributed by atoms with E-state index < -0.39 is 5.91 Å². The molecule has 0 aliphatic carbocycles. The zero-order valence-corrected chi connectivity index (χ0v) is 14.9. The van der Waals surface area contributed by atoms with Gasteiger partial charge >= 0.3 is 0 Å². The van der Waals surface area contributed by atoms with Gasteiger partial charge in [-0.3, -0.25) is 4.79 Å². The predicted molar refractivity (Wildman–Crippen MR) is 94.1 cm³/mol. The molecule has 1 amide bonds. The van der Waals surface area contributed by atoms with Crippen LogP contribution in [0.4, 0.5) is 5.82 Å². The molecular weight excluding hydrogens is 372 g/mol. The number of aromatic nitrogens is 5. The standard InChI is InChI=1S/C15H16N8O5/c1-26-7-9-11(18-22-23(9)14-13(16)20-28-21-14)15(25)19-17-6-8-4-3-5-10(27-2)12(8)24/h3-6,24H,7H2,1-2H3,(H2,16,20)(H,19,25)/b17-6-. The number of ether oxygens (including phenoxy) is 2. The fourth-order valence-corrected chi connectivity index (χ4v) is 2.27. The van der Waals surface area contributed by atoms with E-state index in [9.17, 15) is 9.90 Å². The van der Waals surface area contributed by atoms with Crippen LogP contribution in [0.1, 0.15) is 21.7 Å². The number of para-hydroxylation sites is 1. The largest absolute Gasteiger partial charge is 0.504 e. The summed E-state index contributed by atoms with van der Waals surface area (Å²) in [6, 6.07) is 4.85. The Bertz CT molecular complexity index is 1010. The first-order valence-electron chi connectivity index (χ1n) is 7.78. The minimum absolute atomic E-state index is 0.0115. The van der Waals surface area contributed by atoms with Gasteiger partial charge in [0.05, 0.1) is 19.9 Å². The van der Waals surface area contributed by atoms with E-state index in [1.807, 2.05) is 0 Å². The number of benzene rings is 1. The van der Waals surface area contributed by atoms with Crippen molar-refractivity contribution in [1.29, 1.82) is 0 Å². The molecule has 0 bridgehead atoms. The van der Waals surface area contributed by atoms with Gasteiger partial charge in [0, 0.05) is 12.7 Å². The summed E-state index contributed by atoms with van der Waals surface area (Å²) in [5.41, 5.74) is 8.51. The second-order valence-corrected chi connectivity index (χ2v) is 5.30. The molecule has 2 aromatic heterocycles. The summed E-state index contributed by atoms with van der Waals surface area (Å²) >= 11 is 0. The third kappa shape index (κ3) is 3.59. The number of phenolic OH excluding ortho intramolecular Hbond substituents is 1. The predicted octanol–water partition coefficient (Wildman–Crippen LogP) is -0.143. The Morgan fingerprint density at radius 3 is 2.93 bits per heavy atom. The van der Waals surface area contributed by atoms with Crippen LogP contribution in [0.25, 0.3) is 5.82 Å². The van der Waals surface area contributed by atoms with E-state index in [0.29, 0.717) is 5.56 Å². The summed E-state index contributed by atoms with van der Waals surface area (Å²) in [6.07, 6.45) is 1.26. The Labute approximate surface area is 157 Å². The van der Waals surface area contributed by atoms with Crippen LogP contribution in [0, 0.1) is 0 Å². The average Bonchev–Trinajstić information content (AvgIpc) is 3.29. The topological polar surface area (TPSA) is 176 Å². The normalized spacial score (nSPS) is 11.1. The van der Waals surface area contributed by atoms with Crippen LogP contribution in [-0.4, -0.2) is 56.8 Å². The van der Waals surface area contributed by atoms with E-state index in [-0.39, 0.29) is 41.1 Å². The average molecular weight is 388 g/mol. The number of nitrogens with two attached hydrogens (primary N) is 1. The van der Waals surface area contributed by atoms with Crippen molar-refractivity contribution in [1.82, 2.24) is 30.7 Å². The molecule has 0 aliphatic rings. The van der Waals surface area contributed by atoms with Crippen molar-refractivity contribution in [2.24, 2.45) is 5.10 Å². The Kier molecular flexibility index (Phi) is 5.45. The molecule has 13 heteroatoms. The molecule has 1 aromatic carbocycles. The van der Waals surface area contributed by atoms with Gasteiger partial charge in [-0.05, 0) is 22.4 Å². The van der Waals surface area contributed by atoms with Crippen LogP contribution in [0.2, 0.25) is 0 Å². The van der Waals surface area contributed by atoms with E-state index in [1.54, 1.807) is 18.2 Å². The third-order valence-electron chi connectivity index (χ3n) is 3.58. The summed E-state index contributed by atoms with van der Waals surface area (Å²) < 4.78 is 15.8. The maximum atomic E-state index is 12.4. The van der Waals surface area contributed by atoms with Gasteiger partial charge in [-0.1, -0.05) is 11.3 Å². The van der Waals surface area contributed by atoms with Crippen molar-refractivity contribution < 1.29 is 24.0 Å². The lowest BCUT2D eigenvalue weighted by atomic mass is 10.2. The van der Waals surface area contributed by atoms with Crippen molar-refractivity contribution in [3.63, 3.8) is 0 Å². The highest BCUT2D eigenvalue weighted by Gasteiger charge is 2.23. The van der Waals surface area contributed by atoms with E-state index in [4.69, 9.17) is 15.2 Å². The molecule has 2 heterocycles. The molecule has 13 nitrogen and oxygen atoms in total. The molecule has 146 valence electrons. The van der Waals surface area contributed by atoms with E-state index >= 15 is 0 Å². The third-order valence-corrected chi connectivity index (χ3v) is 3.58. The number of aromatic hydroxyl groups is 1. The van der Waals surface area contributed by atoms with E-state index in [1.165, 1.54) is 25.1 Å². The van der Waals surface area contributed by atoms with Crippen molar-refractivity contribution in [3.05, 3.63) is 35.2 Å². The molecule has 28 heavy (non-hydrogen) atoms. The zero-order chi connectivity index (χ0) is 20.1. The first-order valence-corrected chi connectivity index (χ1v) is 7.78. The Morgan fingerprint density at radius 1 is 1.43 bits per heavy atom. The summed E-state index contributed by atoms with van der Waals surface area (Å²) in [4.78, 5) is 12.4. The number of carbonyl (C=O) groups is 1. The monoisotopic (exact) mass is 388 g/mol. The van der Waals surface area contributed by atoms with Crippen molar-refractivity contribution in [2.45, 2.75) is 6.61 Å². The maximum absolute atomic E-state index is 12.4. The number of amides is 1. The molecule has 0 spiro atoms. The number of hydrazone groups is 1. The minimum atomic E-state index is -0.660. The van der Waals surface area contributed by atoms with Crippen LogP contribution < -0.4 is 15.9 Å². The number of anilines is 1. The first kappa shape index (κ1) is 18.8. The number of methoxy groups -OCH3 is 2. The summed E-state index contributed by atoms with van der Waals surface area (Å²) in [5, 5.41) is 28.6. The number of nitrogen functional groups attached to an aromatic ring is 1. The van der Waals surface area contributed by atoms with Gasteiger partial charge in [-0.15, -0.1) is 5.10 Å². The number of phenols is 1. The van der Waals surface area contributed by atoms with Gasteiger partial charge in [0.15, 0.2) is 17.2 Å². The smallest absolute Gasteiger partial charge is 0.293 e. The van der Waals surface area contributed by atoms with Crippen LogP contribution in [0.15, 0.2) is 27.9 Å². The van der Waals surface area contributed by atoms with Crippen molar-refractivity contribution in [3.8, 4) is 17.3 Å². The zero-order valence-electron chi connectivity index (χ0n) is 14.9. The van der Waals surface area contributed by atoms with E-state index in [2.05, 4.69) is 35.8 Å². The van der Waals surface area contributed by atoms with Crippen molar-refractivity contribution >= 4 is 17.9 Å². The number of hydrogen-bond acceptors (Lipinski definition) is 11. The molecule has 0 radical (unpaired) electrons. The van der Waals surface area contributed by atoms with Gasteiger partial charge < -0.3 is 20.3 Å². The van der Waals surface area contributed by atoms with Gasteiger partial charge in [-0.2, -0.15) is 9.78 Å². The minimum Gasteiger partial charge on any atom is -0.504 e. The van der Waals surface area contributed by atoms with Crippen LogP contribution in [-0.2, 0) is 11.3 Å². The second-order valence-electron chi connectivity index (χ2n) is 5.30. The summed E-state index contributed by atoms with van der Waals surface area (Å²) in [7, 11) is 2.86. The Hall–Kier alpha value is -4.00. The Balaban J connectivity index is 1.81. The highest BCUT2D eigenvalue weighted by molar-refractivity contribution is 5.94. The fraction of sp³-hybridized carbons (Fsp3) is 0.200. The highest BCUT2D eigenvalue weighted by Crippen LogP contribution is 2.27. The van der Waals surface area contributed by atoms with Gasteiger partial charge in [0.25, 0.3) is 5.91 Å². The molecule has 0 unspecified atom stereocenters. The number of carbonyl (C=O) groups excluding carboxylic acids is 1. The SMILES string of the molecule is COCc1c(C(=O)N/N=C\c2cccc(OC)c2O)nnn1-c1nonc1N. The number of hydrogen-bond donors (Lipinski definition) is 3. The lowest BCUT2D eigenvalue weighted by molar-refractivity contribution is 0.0944. The van der Waals surface area contributed by atoms with Gasteiger partial charge in [-0.25, -0.2) is 10.1 Å². The molecule has 4 N–H and O–H groups in total. The number of nitrogens with one attached hydrogen (secondary N) is 1. The molecule has 0 atom stereocenters. The summed E-state index contributed by atoms with van der Waals surface area (Å²) in [6.45, 7) is -0.0115. The number of rotatable bonds is 7. The Morgan fingerprint density at radius 2 is 2.25 bits per heavy atom. The van der Waals surface area contributed by atoms with Crippen molar-refractivity contribution in [2.75, 3.05) is 20.0 Å². The molecule has 0 saturated carbocycles. The summed E-state index contributed by atoms with van der Waals surface area (Å²) in [5.74, 6) is -0.446. The second kappa shape index (κ2) is 8.13. The molecular formula is C15H16N8O5. The lowest BCUT2D eigenvalue weighted by Gasteiger charge is -2.05. The van der Waals surface area contributed by atoms with Crippen LogP contribution >= 0.6 is 0 Å². The van der Waals surface area contributed by atoms with Crippen LogP contribution in [0.5, 0.6) is 11.5 Å². The molecule has 3 rings (SSSR count). The highest BCUT2D eigenvalue weighted by atomic mass is 16.6. The maximum Gasteiger partial charge on any atom is 0.293 e. The van der Waals surface area contributed by atoms with Crippen LogP contribution in [0.3, 0.4) is 0 Å². The molecule has 0 aliphatic heterocycles. The first-order chi connectivity index (χ1) is 13.6. The van der Waals surface area contributed by atoms with Gasteiger partial charge in [0.2, 0.25) is 11.6 Å². The quantitative estimate of drug-likeness (QED) is 0.364. The molecule has 3 aromatic rings. The number of nitrogens with zero attached hydrogens (tertiary/aromatic N) is 6. The van der Waals surface area contributed by atoms with Gasteiger partial charge in [0.1, 0.15) is 5.69 Å². The lowest BCUT2D eigenvalue weighted by Crippen LogP contribution is -2.20. The fourth-order valence-electron chi connectivity index (χ4n) is 2.27. The molecule has 0 saturated heterocycles. The van der Waals surface area contributed by atoms with E-state index in [0.717, 1.165) is 0 Å².